The monoisotopic (exact) mass is 363 g/mol. The molecule has 10 heteroatoms. The van der Waals surface area contributed by atoms with Gasteiger partial charge >= 0.3 is 6.18 Å². The molecule has 0 radical (unpaired) electrons. The Labute approximate surface area is 145 Å². The Kier molecular flexibility index (Phi) is 4.57. The number of nitrogens with one attached hydrogen (secondary N) is 2. The summed E-state index contributed by atoms with van der Waals surface area (Å²) in [4.78, 5) is 20.0. The van der Waals surface area contributed by atoms with Gasteiger partial charge in [-0.15, -0.1) is 0 Å². The highest BCUT2D eigenvalue weighted by atomic mass is 19.4. The number of halogens is 3. The van der Waals surface area contributed by atoms with Crippen molar-refractivity contribution in [2.24, 2.45) is 0 Å². The Balaban J connectivity index is 1.70. The topological polar surface area (TPSA) is 92.9 Å². The molecule has 2 heterocycles. The summed E-state index contributed by atoms with van der Waals surface area (Å²) in [6, 6.07) is 7.12. The van der Waals surface area contributed by atoms with Gasteiger partial charge in [-0.1, -0.05) is 5.16 Å². The summed E-state index contributed by atoms with van der Waals surface area (Å²) in [6.45, 7) is 1.72. The minimum absolute atomic E-state index is 0.0302. The molecule has 2 N–H and O–H groups in total. The highest BCUT2D eigenvalue weighted by molar-refractivity contribution is 6.03. The first-order valence-electron chi connectivity index (χ1n) is 7.32. The molecule has 1 amide bonds. The molecule has 0 bridgehead atoms. The molecule has 3 rings (SSSR count). The first-order chi connectivity index (χ1) is 12.3. The number of aromatic nitrogens is 3. The van der Waals surface area contributed by atoms with Crippen LogP contribution in [0, 0.1) is 6.92 Å². The third kappa shape index (κ3) is 4.15. The van der Waals surface area contributed by atoms with Crippen molar-refractivity contribution in [3.63, 3.8) is 0 Å². The second-order valence-corrected chi connectivity index (χ2v) is 5.27. The smallest absolute Gasteiger partial charge is 0.360 e. The highest BCUT2D eigenvalue weighted by Gasteiger charge is 2.30. The fourth-order valence-corrected chi connectivity index (χ4v) is 2.04. The van der Waals surface area contributed by atoms with Crippen LogP contribution in [0.2, 0.25) is 0 Å². The van der Waals surface area contributed by atoms with E-state index in [1.807, 2.05) is 0 Å². The van der Waals surface area contributed by atoms with Gasteiger partial charge in [0, 0.05) is 17.8 Å². The van der Waals surface area contributed by atoms with Crippen LogP contribution in [-0.4, -0.2) is 21.0 Å². The molecule has 0 aliphatic heterocycles. The van der Waals surface area contributed by atoms with Crippen molar-refractivity contribution in [2.75, 3.05) is 10.6 Å². The van der Waals surface area contributed by atoms with Crippen molar-refractivity contribution < 1.29 is 22.5 Å². The second kappa shape index (κ2) is 6.82. The van der Waals surface area contributed by atoms with Crippen LogP contribution in [0.3, 0.4) is 0 Å². The molecule has 1 aromatic carbocycles. The van der Waals surface area contributed by atoms with Crippen molar-refractivity contribution >= 4 is 23.2 Å². The lowest BCUT2D eigenvalue weighted by Crippen LogP contribution is -2.14. The maximum Gasteiger partial charge on any atom is 0.416 e. The molecule has 0 aliphatic rings. The predicted molar refractivity (Wildman–Crippen MR) is 86.0 cm³/mol. The van der Waals surface area contributed by atoms with Gasteiger partial charge < -0.3 is 15.2 Å². The number of hydrogen-bond donors (Lipinski definition) is 2. The quantitative estimate of drug-likeness (QED) is 0.733. The van der Waals surface area contributed by atoms with Gasteiger partial charge in [-0.05, 0) is 31.2 Å². The zero-order valence-electron chi connectivity index (χ0n) is 13.3. The summed E-state index contributed by atoms with van der Waals surface area (Å²) in [7, 11) is 0. The summed E-state index contributed by atoms with van der Waals surface area (Å²) >= 11 is 0. The lowest BCUT2D eigenvalue weighted by atomic mass is 10.2. The number of carbonyl (C=O) groups excluding carboxylic acids is 1. The van der Waals surface area contributed by atoms with Crippen LogP contribution in [0.25, 0.3) is 0 Å². The van der Waals surface area contributed by atoms with Gasteiger partial charge in [0.1, 0.15) is 23.6 Å². The van der Waals surface area contributed by atoms with E-state index in [4.69, 9.17) is 4.52 Å². The molecule has 7 nitrogen and oxygen atoms in total. The van der Waals surface area contributed by atoms with Gasteiger partial charge in [0.15, 0.2) is 5.82 Å². The molecule has 26 heavy (non-hydrogen) atoms. The number of hydrogen-bond acceptors (Lipinski definition) is 6. The van der Waals surface area contributed by atoms with E-state index in [2.05, 4.69) is 25.8 Å². The van der Waals surface area contributed by atoms with E-state index in [0.717, 1.165) is 12.1 Å². The van der Waals surface area contributed by atoms with Gasteiger partial charge in [0.25, 0.3) is 5.91 Å². The SMILES string of the molecule is Cc1cc(Nc2cc(C(=O)Nc3ccc(C(F)(F)F)cc3)ncn2)no1. The van der Waals surface area contributed by atoms with Gasteiger partial charge in [-0.3, -0.25) is 4.79 Å². The average molecular weight is 363 g/mol. The van der Waals surface area contributed by atoms with E-state index in [9.17, 15) is 18.0 Å². The van der Waals surface area contributed by atoms with E-state index in [0.29, 0.717) is 17.4 Å². The summed E-state index contributed by atoms with van der Waals surface area (Å²) in [5, 5.41) is 9.06. The minimum Gasteiger partial charge on any atom is -0.360 e. The second-order valence-electron chi connectivity index (χ2n) is 5.27. The third-order valence-electron chi connectivity index (χ3n) is 3.25. The van der Waals surface area contributed by atoms with Crippen LogP contribution >= 0.6 is 0 Å². The Bertz CT molecular complexity index is 922. The molecule has 134 valence electrons. The van der Waals surface area contributed by atoms with E-state index in [-0.39, 0.29) is 11.4 Å². The number of carbonyl (C=O) groups is 1. The molecule has 0 aliphatic carbocycles. The summed E-state index contributed by atoms with van der Waals surface area (Å²) in [5.74, 6) is 0.731. The molecule has 0 fully saturated rings. The lowest BCUT2D eigenvalue weighted by Gasteiger charge is -2.09. The Morgan fingerprint density at radius 3 is 2.42 bits per heavy atom. The first kappa shape index (κ1) is 17.4. The van der Waals surface area contributed by atoms with Crippen LogP contribution in [0.5, 0.6) is 0 Å². The Hall–Kier alpha value is -3.43. The van der Waals surface area contributed by atoms with Crippen LogP contribution in [0.4, 0.5) is 30.5 Å². The Morgan fingerprint density at radius 1 is 1.08 bits per heavy atom. The van der Waals surface area contributed by atoms with E-state index in [1.54, 1.807) is 13.0 Å². The van der Waals surface area contributed by atoms with Crippen molar-refractivity contribution in [3.05, 3.63) is 59.7 Å². The van der Waals surface area contributed by atoms with Crippen molar-refractivity contribution in [2.45, 2.75) is 13.1 Å². The number of benzene rings is 1. The van der Waals surface area contributed by atoms with Crippen LogP contribution in [0.1, 0.15) is 21.8 Å². The average Bonchev–Trinajstić information content (AvgIpc) is 2.99. The fourth-order valence-electron chi connectivity index (χ4n) is 2.04. The zero-order valence-corrected chi connectivity index (χ0v) is 13.3. The number of anilines is 3. The zero-order chi connectivity index (χ0) is 18.7. The summed E-state index contributed by atoms with van der Waals surface area (Å²) in [6.07, 6.45) is -3.26. The van der Waals surface area contributed by atoms with E-state index in [1.165, 1.54) is 24.5 Å². The maximum absolute atomic E-state index is 12.5. The largest absolute Gasteiger partial charge is 0.416 e. The number of rotatable bonds is 4. The fraction of sp³-hybridized carbons (Fsp3) is 0.125. The minimum atomic E-state index is -4.44. The van der Waals surface area contributed by atoms with Gasteiger partial charge in [0.05, 0.1) is 5.56 Å². The molecule has 2 aromatic heterocycles. The van der Waals surface area contributed by atoms with Crippen LogP contribution < -0.4 is 10.6 Å². The van der Waals surface area contributed by atoms with Crippen LogP contribution in [0.15, 0.2) is 47.2 Å². The van der Waals surface area contributed by atoms with E-state index < -0.39 is 17.6 Å². The molecular formula is C16H12F3N5O2. The number of amides is 1. The van der Waals surface area contributed by atoms with Gasteiger partial charge in [-0.2, -0.15) is 13.2 Å². The lowest BCUT2D eigenvalue weighted by molar-refractivity contribution is -0.137. The Morgan fingerprint density at radius 2 is 1.81 bits per heavy atom. The normalized spacial score (nSPS) is 11.2. The third-order valence-corrected chi connectivity index (χ3v) is 3.25. The number of aryl methyl sites for hydroxylation is 1. The van der Waals surface area contributed by atoms with Crippen LogP contribution in [-0.2, 0) is 6.18 Å². The number of nitrogens with zero attached hydrogens (tertiary/aromatic N) is 3. The van der Waals surface area contributed by atoms with Crippen molar-refractivity contribution in [1.82, 2.24) is 15.1 Å². The summed E-state index contributed by atoms with van der Waals surface area (Å²) < 4.78 is 42.6. The molecule has 3 aromatic rings. The first-order valence-corrected chi connectivity index (χ1v) is 7.32. The van der Waals surface area contributed by atoms with E-state index >= 15 is 0 Å². The number of alkyl halides is 3. The molecular weight excluding hydrogens is 351 g/mol. The maximum atomic E-state index is 12.5. The van der Waals surface area contributed by atoms with Crippen molar-refractivity contribution in [1.29, 1.82) is 0 Å². The molecule has 0 saturated carbocycles. The molecule has 0 unspecified atom stereocenters. The standard InChI is InChI=1S/C16H12F3N5O2/c1-9-6-14(24-26-9)23-13-7-12(20-8-21-13)15(25)22-11-4-2-10(3-5-11)16(17,18)19/h2-8H,1H3,(H,22,25)(H,20,21,23,24). The molecule has 0 atom stereocenters. The molecule has 0 saturated heterocycles. The van der Waals surface area contributed by atoms with Gasteiger partial charge in [0.2, 0.25) is 0 Å². The molecule has 0 spiro atoms. The predicted octanol–water partition coefficient (Wildman–Crippen LogP) is 3.79. The summed E-state index contributed by atoms with van der Waals surface area (Å²) in [5.41, 5.74) is -0.558. The van der Waals surface area contributed by atoms with Gasteiger partial charge in [-0.25, -0.2) is 9.97 Å². The highest BCUT2D eigenvalue weighted by Crippen LogP contribution is 2.29. The van der Waals surface area contributed by atoms with Crippen molar-refractivity contribution in [3.8, 4) is 0 Å².